The largest absolute Gasteiger partial charge is 0.481 e. The molecule has 0 aliphatic heterocycles. The summed E-state index contributed by atoms with van der Waals surface area (Å²) >= 11 is 0. The van der Waals surface area contributed by atoms with Crippen LogP contribution in [0.2, 0.25) is 0 Å². The smallest absolute Gasteiger partial charge is 0.326 e. The van der Waals surface area contributed by atoms with Crippen LogP contribution in [0.4, 0.5) is 0 Å². The molecule has 0 aromatic carbocycles. The van der Waals surface area contributed by atoms with E-state index in [4.69, 9.17) is 15.2 Å². The van der Waals surface area contributed by atoms with E-state index in [1.165, 1.54) is 84.2 Å². The van der Waals surface area contributed by atoms with Crippen LogP contribution in [0.5, 0.6) is 0 Å². The fraction of sp³-hybridized carbons (Fsp3) is 0.773. The van der Waals surface area contributed by atoms with Crippen molar-refractivity contribution < 1.29 is 53.2 Å². The number of carbonyl (C=O) groups excluding carboxylic acids is 5. The third kappa shape index (κ3) is 28.2. The molecule has 4 amide bonds. The lowest BCUT2D eigenvalue weighted by molar-refractivity contribution is -0.145. The lowest BCUT2D eigenvalue weighted by atomic mass is 9.88. The van der Waals surface area contributed by atoms with Crippen LogP contribution < -0.4 is 27.0 Å². The van der Waals surface area contributed by atoms with Crippen molar-refractivity contribution in [3.63, 3.8) is 0 Å². The van der Waals surface area contributed by atoms with E-state index in [1.807, 2.05) is 0 Å². The SMILES string of the molecule is CCCCCCCCCCCCCCCC(=O)N[C@@H](CCC(=O)NCCOCCOCC(=O)NCCCC[C@H](CC(=O)C(C)(C)NC(=O)[C@@H]([NH])Cc1cnc[nH]1)C(=O)O)C(=O)O. The summed E-state index contributed by atoms with van der Waals surface area (Å²) in [5.41, 5.74) is 7.31. The molecule has 0 aliphatic carbocycles. The minimum Gasteiger partial charge on any atom is -0.481 e. The highest BCUT2D eigenvalue weighted by atomic mass is 16.5. The zero-order valence-corrected chi connectivity index (χ0v) is 37.5. The van der Waals surface area contributed by atoms with Crippen molar-refractivity contribution in [3.8, 4) is 0 Å². The maximum atomic E-state index is 12.9. The van der Waals surface area contributed by atoms with E-state index in [2.05, 4.69) is 38.2 Å². The Labute approximate surface area is 367 Å². The van der Waals surface area contributed by atoms with Crippen LogP contribution in [0.15, 0.2) is 12.5 Å². The lowest BCUT2D eigenvalue weighted by Crippen LogP contribution is -2.54. The quantitative estimate of drug-likeness (QED) is 0.0451. The van der Waals surface area contributed by atoms with Crippen molar-refractivity contribution in [2.45, 2.75) is 173 Å². The average molecular weight is 879 g/mol. The topological polar surface area (TPSA) is 279 Å². The van der Waals surface area contributed by atoms with Crippen molar-refractivity contribution in [1.82, 2.24) is 37.0 Å². The van der Waals surface area contributed by atoms with Gasteiger partial charge >= 0.3 is 11.9 Å². The van der Waals surface area contributed by atoms with Crippen molar-refractivity contribution in [2.24, 2.45) is 5.92 Å². The van der Waals surface area contributed by atoms with Gasteiger partial charge in [0.25, 0.3) is 0 Å². The summed E-state index contributed by atoms with van der Waals surface area (Å²) in [6.07, 6.45) is 19.5. The Morgan fingerprint density at radius 1 is 0.726 bits per heavy atom. The minimum atomic E-state index is -1.37. The van der Waals surface area contributed by atoms with Gasteiger partial charge in [0.15, 0.2) is 5.78 Å². The molecule has 1 radical (unpaired) electrons. The number of ketones is 1. The number of hydrogen-bond donors (Lipinski definition) is 7. The molecular weight excluding hydrogens is 803 g/mol. The fourth-order valence-electron chi connectivity index (χ4n) is 6.60. The molecule has 3 atom stereocenters. The van der Waals surface area contributed by atoms with Crippen LogP contribution in [-0.2, 0) is 49.5 Å². The number of carboxylic acid groups (broad SMARTS) is 2. The normalized spacial score (nSPS) is 12.8. The van der Waals surface area contributed by atoms with Crippen molar-refractivity contribution in [3.05, 3.63) is 18.2 Å². The first kappa shape index (κ1) is 55.6. The second-order valence-electron chi connectivity index (χ2n) is 16.5. The molecule has 0 bridgehead atoms. The minimum absolute atomic E-state index is 0.0314. The number of H-pyrrole nitrogens is 1. The molecule has 0 saturated heterocycles. The Kier molecular flexibility index (Phi) is 30.6. The third-order valence-corrected chi connectivity index (χ3v) is 10.5. The number of ether oxygens (including phenoxy) is 2. The van der Waals surface area contributed by atoms with Gasteiger partial charge in [-0.15, -0.1) is 0 Å². The molecule has 0 saturated carbocycles. The number of carboxylic acids is 2. The summed E-state index contributed by atoms with van der Waals surface area (Å²) in [4.78, 5) is 92.3. The van der Waals surface area contributed by atoms with E-state index in [1.54, 1.807) is 0 Å². The molecule has 0 aliphatic rings. The number of nitrogens with one attached hydrogen (secondary N) is 6. The predicted octanol–water partition coefficient (Wildman–Crippen LogP) is 4.43. The van der Waals surface area contributed by atoms with E-state index in [-0.39, 0.29) is 95.8 Å². The summed E-state index contributed by atoms with van der Waals surface area (Å²) in [6, 6.07) is -2.32. The number of nitrogens with zero attached hydrogens (tertiary/aromatic N) is 1. The van der Waals surface area contributed by atoms with Crippen LogP contribution >= 0.6 is 0 Å². The Balaban J connectivity index is 2.09. The maximum Gasteiger partial charge on any atom is 0.326 e. The standard InChI is InChI=1S/C44H76N7O11/c1-4-5-6-7-8-9-10-11-12-13-14-15-16-20-39(54)50-36(43(59)60)21-22-38(53)48-24-25-61-26-27-62-31-40(55)47-23-18-17-19-33(42(57)58)28-37(52)44(2,3)51-41(56)35(45)29-34-30-46-32-49-34/h30,32-33,35-36,45H,4-29,31H2,1-3H3,(H,46,49)(H,47,55)(H,48,53)(H,50,54)(H,51,56)(H,57,58)(H,59,60)/t33-,35+,36+/m1/s1. The van der Waals surface area contributed by atoms with Crippen molar-refractivity contribution in [2.75, 3.05) is 39.5 Å². The monoisotopic (exact) mass is 879 g/mol. The number of Topliss-reactive ketones (excluding diaryl/α,β-unsaturated/α-hetero) is 1. The number of amides is 4. The first-order valence-corrected chi connectivity index (χ1v) is 22.6. The number of imidazole rings is 1. The molecule has 1 rings (SSSR count). The summed E-state index contributed by atoms with van der Waals surface area (Å²) in [5, 5.41) is 29.6. The number of carbonyl (C=O) groups is 7. The van der Waals surface area contributed by atoms with Gasteiger partial charge < -0.3 is 45.9 Å². The zero-order chi connectivity index (χ0) is 46.0. The van der Waals surface area contributed by atoms with Gasteiger partial charge in [0.05, 0.1) is 37.6 Å². The second-order valence-corrected chi connectivity index (χ2v) is 16.5. The predicted molar refractivity (Wildman–Crippen MR) is 233 cm³/mol. The number of rotatable bonds is 40. The van der Waals surface area contributed by atoms with Crippen LogP contribution in [0.3, 0.4) is 0 Å². The molecule has 8 N–H and O–H groups in total. The molecular formula is C44H76N7O11. The van der Waals surface area contributed by atoms with Gasteiger partial charge in [-0.3, -0.25) is 28.8 Å². The van der Waals surface area contributed by atoms with E-state index in [9.17, 15) is 43.8 Å². The number of aliphatic carboxylic acids is 2. The van der Waals surface area contributed by atoms with Crippen LogP contribution in [-0.4, -0.2) is 119 Å². The van der Waals surface area contributed by atoms with Gasteiger partial charge in [-0.25, -0.2) is 15.5 Å². The Hall–Kier alpha value is -4.42. The number of aromatic nitrogens is 2. The summed E-state index contributed by atoms with van der Waals surface area (Å²) in [5.74, 6) is -5.47. The van der Waals surface area contributed by atoms with Gasteiger partial charge in [0.2, 0.25) is 23.6 Å². The highest BCUT2D eigenvalue weighted by Crippen LogP contribution is 2.19. The Morgan fingerprint density at radius 2 is 1.34 bits per heavy atom. The Morgan fingerprint density at radius 3 is 1.94 bits per heavy atom. The Bertz CT molecular complexity index is 1440. The highest BCUT2D eigenvalue weighted by molar-refractivity contribution is 5.95. The highest BCUT2D eigenvalue weighted by Gasteiger charge is 2.34. The van der Waals surface area contributed by atoms with Crippen LogP contribution in [0.1, 0.15) is 155 Å². The van der Waals surface area contributed by atoms with Gasteiger partial charge in [0.1, 0.15) is 18.7 Å². The molecule has 18 nitrogen and oxygen atoms in total. The van der Waals surface area contributed by atoms with Crippen molar-refractivity contribution >= 4 is 41.4 Å². The van der Waals surface area contributed by atoms with E-state index in [0.717, 1.165) is 19.3 Å². The van der Waals surface area contributed by atoms with Gasteiger partial charge in [0, 0.05) is 50.7 Å². The molecule has 353 valence electrons. The maximum absolute atomic E-state index is 12.9. The zero-order valence-electron chi connectivity index (χ0n) is 37.5. The summed E-state index contributed by atoms with van der Waals surface area (Å²) in [6.45, 7) is 5.90. The van der Waals surface area contributed by atoms with Gasteiger partial charge in [-0.2, -0.15) is 0 Å². The lowest BCUT2D eigenvalue weighted by Gasteiger charge is -2.27. The van der Waals surface area contributed by atoms with E-state index >= 15 is 0 Å². The first-order chi connectivity index (χ1) is 29.7. The van der Waals surface area contributed by atoms with Crippen LogP contribution in [0, 0.1) is 5.92 Å². The molecule has 1 aromatic rings. The summed E-state index contributed by atoms with van der Waals surface area (Å²) < 4.78 is 10.7. The molecule has 62 heavy (non-hydrogen) atoms. The molecule has 0 fully saturated rings. The second kappa shape index (κ2) is 34.1. The number of hydrogen-bond acceptors (Lipinski definition) is 10. The molecule has 0 spiro atoms. The van der Waals surface area contributed by atoms with Gasteiger partial charge in [-0.1, -0.05) is 90.4 Å². The summed E-state index contributed by atoms with van der Waals surface area (Å²) in [7, 11) is 0. The average Bonchev–Trinajstić information content (AvgIpc) is 3.74. The van der Waals surface area contributed by atoms with Crippen LogP contribution in [0.25, 0.3) is 0 Å². The fourth-order valence-corrected chi connectivity index (χ4v) is 6.60. The first-order valence-electron chi connectivity index (χ1n) is 22.6. The number of unbranched alkanes of at least 4 members (excludes halogenated alkanes) is 13. The van der Waals surface area contributed by atoms with E-state index in [0.29, 0.717) is 25.0 Å². The third-order valence-electron chi connectivity index (χ3n) is 10.5. The molecule has 0 unspecified atom stereocenters. The van der Waals surface area contributed by atoms with E-state index < -0.39 is 47.2 Å². The molecule has 1 aromatic heterocycles. The molecule has 18 heteroatoms. The number of aromatic amines is 1. The molecule has 1 heterocycles. The van der Waals surface area contributed by atoms with Crippen molar-refractivity contribution in [1.29, 1.82) is 0 Å². The van der Waals surface area contributed by atoms with Gasteiger partial charge in [-0.05, 0) is 39.5 Å².